The van der Waals surface area contributed by atoms with Crippen LogP contribution in [0.15, 0.2) is 53.4 Å². The van der Waals surface area contributed by atoms with Crippen molar-refractivity contribution in [1.29, 1.82) is 0 Å². The number of carbonyl (C=O) groups excluding carboxylic acids is 1. The molecule has 7 heteroatoms. The van der Waals surface area contributed by atoms with Crippen LogP contribution in [-0.2, 0) is 10.0 Å². The van der Waals surface area contributed by atoms with Gasteiger partial charge in [0.15, 0.2) is 0 Å². The van der Waals surface area contributed by atoms with Gasteiger partial charge in [-0.05, 0) is 42.8 Å². The molecule has 0 aliphatic rings. The maximum absolute atomic E-state index is 12.3. The van der Waals surface area contributed by atoms with E-state index in [1.807, 2.05) is 25.1 Å². The lowest BCUT2D eigenvalue weighted by Crippen LogP contribution is -2.27. The van der Waals surface area contributed by atoms with Gasteiger partial charge < -0.3 is 5.32 Å². The Balaban J connectivity index is 2.11. The topological polar surface area (TPSA) is 75.3 Å². The smallest absolute Gasteiger partial charge is 0.251 e. The first kappa shape index (κ1) is 19.0. The molecule has 0 radical (unpaired) electrons. The van der Waals surface area contributed by atoms with Crippen LogP contribution in [-0.4, -0.2) is 20.9 Å². The lowest BCUT2D eigenvalue weighted by Gasteiger charge is -2.16. The molecular weight excluding hydrogens is 360 g/mol. The monoisotopic (exact) mass is 376 g/mol. The molecule has 2 aromatic rings. The first-order chi connectivity index (χ1) is 11.8. The maximum atomic E-state index is 12.3. The Morgan fingerprint density at radius 2 is 1.84 bits per heavy atom. The van der Waals surface area contributed by atoms with Crippen molar-refractivity contribution in [2.45, 2.75) is 17.9 Å². The summed E-state index contributed by atoms with van der Waals surface area (Å²) in [4.78, 5) is 12.4. The number of sulfonamides is 1. The second kappa shape index (κ2) is 8.17. The highest BCUT2D eigenvalue weighted by atomic mass is 35.5. The van der Waals surface area contributed by atoms with Crippen LogP contribution in [0.25, 0.3) is 0 Å². The van der Waals surface area contributed by atoms with E-state index in [9.17, 15) is 13.2 Å². The summed E-state index contributed by atoms with van der Waals surface area (Å²) < 4.78 is 26.2. The average Bonchev–Trinajstić information content (AvgIpc) is 2.60. The molecule has 1 atom stereocenters. The fourth-order valence-corrected chi connectivity index (χ4v) is 3.42. The molecule has 0 fully saturated rings. The Morgan fingerprint density at radius 1 is 1.20 bits per heavy atom. The maximum Gasteiger partial charge on any atom is 0.251 e. The molecule has 0 heterocycles. The van der Waals surface area contributed by atoms with Crippen LogP contribution < -0.4 is 10.0 Å². The Hall–Kier alpha value is -2.33. The molecule has 0 saturated heterocycles. The van der Waals surface area contributed by atoms with Crippen LogP contribution in [0.3, 0.4) is 0 Å². The summed E-state index contributed by atoms with van der Waals surface area (Å²) in [7, 11) is -3.68. The second-order valence-electron chi connectivity index (χ2n) is 5.27. The molecular formula is C18H17ClN2O3S. The predicted molar refractivity (Wildman–Crippen MR) is 97.8 cm³/mol. The van der Waals surface area contributed by atoms with Gasteiger partial charge in [0, 0.05) is 10.6 Å². The van der Waals surface area contributed by atoms with Gasteiger partial charge in [0.2, 0.25) is 10.0 Å². The lowest BCUT2D eigenvalue weighted by atomic mass is 10.1. The molecule has 0 aromatic heterocycles. The molecule has 1 amide bonds. The third kappa shape index (κ3) is 4.83. The zero-order valence-electron chi connectivity index (χ0n) is 13.5. The van der Waals surface area contributed by atoms with E-state index in [1.54, 1.807) is 6.07 Å². The molecule has 1 unspecified atom stereocenters. The molecule has 2 rings (SSSR count). The molecule has 5 nitrogen and oxygen atoms in total. The minimum atomic E-state index is -3.68. The standard InChI is InChI=1S/C18H17ClN2O3S/c1-3-12-20-25(23,24)15-10-8-14(9-11-15)18(22)21-13(2)16-6-4-5-7-17(16)19/h1,4-11,13,20H,12H2,2H3,(H,21,22). The van der Waals surface area contributed by atoms with Gasteiger partial charge in [-0.3, -0.25) is 4.79 Å². The Morgan fingerprint density at radius 3 is 2.44 bits per heavy atom. The van der Waals surface area contributed by atoms with E-state index in [4.69, 9.17) is 18.0 Å². The number of hydrogen-bond acceptors (Lipinski definition) is 3. The average molecular weight is 377 g/mol. The zero-order valence-corrected chi connectivity index (χ0v) is 15.1. The third-order valence-electron chi connectivity index (χ3n) is 3.51. The van der Waals surface area contributed by atoms with E-state index < -0.39 is 10.0 Å². The molecule has 25 heavy (non-hydrogen) atoms. The van der Waals surface area contributed by atoms with Gasteiger partial charge in [-0.25, -0.2) is 8.42 Å². The van der Waals surface area contributed by atoms with Gasteiger partial charge in [0.1, 0.15) is 0 Å². The Kier molecular flexibility index (Phi) is 6.21. The summed E-state index contributed by atoms with van der Waals surface area (Å²) in [5.74, 6) is 1.87. The molecule has 0 bridgehead atoms. The van der Waals surface area contributed by atoms with Gasteiger partial charge >= 0.3 is 0 Å². The van der Waals surface area contributed by atoms with Crippen molar-refractivity contribution in [3.05, 3.63) is 64.7 Å². The van der Waals surface area contributed by atoms with Gasteiger partial charge in [-0.1, -0.05) is 35.7 Å². The third-order valence-corrected chi connectivity index (χ3v) is 5.27. The highest BCUT2D eigenvalue weighted by Crippen LogP contribution is 2.22. The lowest BCUT2D eigenvalue weighted by molar-refractivity contribution is 0.0940. The number of hydrogen-bond donors (Lipinski definition) is 2. The Labute approximate surface area is 152 Å². The normalized spacial score (nSPS) is 12.2. The van der Waals surface area contributed by atoms with E-state index in [0.717, 1.165) is 5.56 Å². The van der Waals surface area contributed by atoms with Crippen LogP contribution >= 0.6 is 11.6 Å². The molecule has 0 saturated carbocycles. The van der Waals surface area contributed by atoms with Gasteiger partial charge in [0.25, 0.3) is 5.91 Å². The van der Waals surface area contributed by atoms with Crippen molar-refractivity contribution in [2.24, 2.45) is 0 Å². The van der Waals surface area contributed by atoms with Crippen molar-refractivity contribution in [2.75, 3.05) is 6.54 Å². The van der Waals surface area contributed by atoms with Gasteiger partial charge in [0.05, 0.1) is 17.5 Å². The summed E-state index contributed by atoms with van der Waals surface area (Å²) >= 11 is 6.12. The molecule has 0 spiro atoms. The fraction of sp³-hybridized carbons (Fsp3) is 0.167. The SMILES string of the molecule is C#CCNS(=O)(=O)c1ccc(C(=O)NC(C)c2ccccc2Cl)cc1. The highest BCUT2D eigenvalue weighted by molar-refractivity contribution is 7.89. The number of benzene rings is 2. The first-order valence-corrected chi connectivity index (χ1v) is 9.30. The van der Waals surface area contributed by atoms with Crippen LogP contribution in [0.2, 0.25) is 5.02 Å². The van der Waals surface area contributed by atoms with E-state index in [-0.39, 0.29) is 23.4 Å². The first-order valence-electron chi connectivity index (χ1n) is 7.43. The van der Waals surface area contributed by atoms with Crippen molar-refractivity contribution in [1.82, 2.24) is 10.0 Å². The zero-order chi connectivity index (χ0) is 18.4. The van der Waals surface area contributed by atoms with Crippen molar-refractivity contribution in [3.8, 4) is 12.3 Å². The number of terminal acetylenes is 1. The van der Waals surface area contributed by atoms with Crippen molar-refractivity contribution >= 4 is 27.5 Å². The Bertz CT molecular complexity index is 903. The van der Waals surface area contributed by atoms with Crippen LogP contribution in [0, 0.1) is 12.3 Å². The van der Waals surface area contributed by atoms with Crippen LogP contribution in [0.5, 0.6) is 0 Å². The van der Waals surface area contributed by atoms with E-state index >= 15 is 0 Å². The van der Waals surface area contributed by atoms with Crippen LogP contribution in [0.4, 0.5) is 0 Å². The van der Waals surface area contributed by atoms with E-state index in [0.29, 0.717) is 10.6 Å². The highest BCUT2D eigenvalue weighted by Gasteiger charge is 2.16. The molecule has 0 aliphatic heterocycles. The molecule has 2 aromatic carbocycles. The summed E-state index contributed by atoms with van der Waals surface area (Å²) in [6.07, 6.45) is 5.04. The van der Waals surface area contributed by atoms with E-state index in [1.165, 1.54) is 24.3 Å². The van der Waals surface area contributed by atoms with Crippen molar-refractivity contribution < 1.29 is 13.2 Å². The number of nitrogens with one attached hydrogen (secondary N) is 2. The summed E-state index contributed by atoms with van der Waals surface area (Å²) in [6.45, 7) is 1.72. The molecule has 2 N–H and O–H groups in total. The summed E-state index contributed by atoms with van der Waals surface area (Å²) in [6, 6.07) is 12.5. The minimum absolute atomic E-state index is 0.0402. The number of carbonyl (C=O) groups is 1. The summed E-state index contributed by atoms with van der Waals surface area (Å²) in [5.41, 5.74) is 1.14. The number of amides is 1. The molecule has 130 valence electrons. The van der Waals surface area contributed by atoms with Crippen molar-refractivity contribution in [3.63, 3.8) is 0 Å². The predicted octanol–water partition coefficient (Wildman–Crippen LogP) is 2.74. The van der Waals surface area contributed by atoms with Crippen LogP contribution in [0.1, 0.15) is 28.9 Å². The molecule has 0 aliphatic carbocycles. The largest absolute Gasteiger partial charge is 0.345 e. The quantitative estimate of drug-likeness (QED) is 0.761. The van der Waals surface area contributed by atoms with Gasteiger partial charge in [-0.2, -0.15) is 4.72 Å². The second-order valence-corrected chi connectivity index (χ2v) is 7.44. The minimum Gasteiger partial charge on any atom is -0.345 e. The van der Waals surface area contributed by atoms with Gasteiger partial charge in [-0.15, -0.1) is 6.42 Å². The number of rotatable bonds is 6. The fourth-order valence-electron chi connectivity index (χ4n) is 2.19. The number of halogens is 1. The summed E-state index contributed by atoms with van der Waals surface area (Å²) in [5, 5.41) is 3.40. The van der Waals surface area contributed by atoms with E-state index in [2.05, 4.69) is 16.0 Å².